The number of hydrogen-bond acceptors (Lipinski definition) is 1. The van der Waals surface area contributed by atoms with Gasteiger partial charge in [-0.2, -0.15) is 0 Å². The van der Waals surface area contributed by atoms with E-state index in [1.54, 1.807) is 0 Å². The Balaban J connectivity index is 3.40. The lowest BCUT2D eigenvalue weighted by Crippen LogP contribution is -2.13. The Morgan fingerprint density at radius 3 is 1.94 bits per heavy atom. The minimum atomic E-state index is -0.612. The second kappa shape index (κ2) is 13.4. The van der Waals surface area contributed by atoms with Gasteiger partial charge < -0.3 is 5.11 Å². The van der Waals surface area contributed by atoms with E-state index in [0.29, 0.717) is 0 Å². The van der Waals surface area contributed by atoms with Crippen LogP contribution in [-0.4, -0.2) is 16.4 Å². The summed E-state index contributed by atoms with van der Waals surface area (Å²) in [5, 5.41) is 10.00. The molecule has 0 aromatic rings. The molecule has 0 fully saturated rings. The van der Waals surface area contributed by atoms with E-state index >= 15 is 0 Å². The molecule has 2 nitrogen and oxygen atoms in total. The van der Waals surface area contributed by atoms with Gasteiger partial charge in [-0.15, -0.1) is 0 Å². The van der Waals surface area contributed by atoms with Crippen molar-refractivity contribution < 1.29 is 9.90 Å². The van der Waals surface area contributed by atoms with Crippen molar-refractivity contribution in [3.8, 4) is 0 Å². The van der Waals surface area contributed by atoms with Crippen molar-refractivity contribution in [3.63, 3.8) is 0 Å². The summed E-state index contributed by atoms with van der Waals surface area (Å²) in [5.74, 6) is -0.735. The first-order valence-electron chi connectivity index (χ1n) is 7.51. The van der Waals surface area contributed by atoms with Crippen LogP contribution in [0.3, 0.4) is 0 Å². The smallest absolute Gasteiger partial charge is 0.306 e. The van der Waals surface area contributed by atoms with Gasteiger partial charge in [0.05, 0.1) is 5.92 Å². The summed E-state index contributed by atoms with van der Waals surface area (Å²) in [6.45, 7) is 2.24. The van der Waals surface area contributed by atoms with Gasteiger partial charge >= 0.3 is 5.97 Å². The lowest BCUT2D eigenvalue weighted by molar-refractivity contribution is -0.142. The minimum Gasteiger partial charge on any atom is -0.481 e. The van der Waals surface area contributed by atoms with Crippen molar-refractivity contribution in [2.45, 2.75) is 77.6 Å². The Bertz CT molecular complexity index is 195. The number of hydrogen-bond donors (Lipinski definition) is 1. The first-order chi connectivity index (χ1) is 8.72. The van der Waals surface area contributed by atoms with E-state index < -0.39 is 5.97 Å². The van der Waals surface area contributed by atoms with Gasteiger partial charge in [-0.05, 0) is 19.3 Å². The molecule has 0 radical (unpaired) electrons. The van der Waals surface area contributed by atoms with Gasteiger partial charge in [-0.3, -0.25) is 4.79 Å². The number of carboxylic acid groups (broad SMARTS) is 1. The molecule has 0 saturated carbocycles. The van der Waals surface area contributed by atoms with Crippen LogP contribution < -0.4 is 0 Å². The molecular formula is C15H29BrO2. The number of rotatable bonds is 13. The number of carbonyl (C=O) groups is 1. The quantitative estimate of drug-likeness (QED) is 0.364. The SMILES string of the molecule is CCCCCCCCCCC(CCCBr)C(=O)O. The zero-order valence-electron chi connectivity index (χ0n) is 11.8. The first-order valence-corrected chi connectivity index (χ1v) is 8.63. The maximum absolute atomic E-state index is 11.0. The number of alkyl halides is 1. The normalized spacial score (nSPS) is 12.6. The molecule has 0 heterocycles. The molecule has 1 N–H and O–H groups in total. The fraction of sp³-hybridized carbons (Fsp3) is 0.933. The number of aliphatic carboxylic acids is 1. The van der Waals surface area contributed by atoms with Crippen LogP contribution in [0.15, 0.2) is 0 Å². The van der Waals surface area contributed by atoms with Crippen molar-refractivity contribution in [1.82, 2.24) is 0 Å². The lowest BCUT2D eigenvalue weighted by Gasteiger charge is -2.11. The van der Waals surface area contributed by atoms with Crippen LogP contribution in [0.4, 0.5) is 0 Å². The zero-order chi connectivity index (χ0) is 13.6. The highest BCUT2D eigenvalue weighted by atomic mass is 79.9. The molecular weight excluding hydrogens is 292 g/mol. The summed E-state index contributed by atoms with van der Waals surface area (Å²) < 4.78 is 0. The van der Waals surface area contributed by atoms with Gasteiger partial charge in [0.1, 0.15) is 0 Å². The molecule has 0 rings (SSSR count). The lowest BCUT2D eigenvalue weighted by atomic mass is 9.96. The van der Waals surface area contributed by atoms with Crippen LogP contribution in [0.2, 0.25) is 0 Å². The molecule has 0 spiro atoms. The molecule has 108 valence electrons. The van der Waals surface area contributed by atoms with Crippen LogP contribution in [0.5, 0.6) is 0 Å². The number of halogens is 1. The van der Waals surface area contributed by atoms with Crippen LogP contribution in [-0.2, 0) is 4.79 Å². The summed E-state index contributed by atoms with van der Waals surface area (Å²) in [4.78, 5) is 11.0. The third-order valence-electron chi connectivity index (χ3n) is 3.44. The highest BCUT2D eigenvalue weighted by Crippen LogP contribution is 2.18. The van der Waals surface area contributed by atoms with Gasteiger partial charge in [0.2, 0.25) is 0 Å². The highest BCUT2D eigenvalue weighted by molar-refractivity contribution is 9.09. The molecule has 0 amide bonds. The van der Waals surface area contributed by atoms with E-state index in [4.69, 9.17) is 5.11 Å². The topological polar surface area (TPSA) is 37.3 Å². The van der Waals surface area contributed by atoms with Gasteiger partial charge in [-0.1, -0.05) is 74.2 Å². The monoisotopic (exact) mass is 320 g/mol. The van der Waals surface area contributed by atoms with E-state index in [1.165, 1.54) is 44.9 Å². The van der Waals surface area contributed by atoms with Gasteiger partial charge in [0, 0.05) is 5.33 Å². The summed E-state index contributed by atoms with van der Waals surface area (Å²) in [7, 11) is 0. The molecule has 0 saturated heterocycles. The Kier molecular flexibility index (Phi) is 13.3. The van der Waals surface area contributed by atoms with Gasteiger partial charge in [0.25, 0.3) is 0 Å². The highest BCUT2D eigenvalue weighted by Gasteiger charge is 2.15. The average molecular weight is 321 g/mol. The van der Waals surface area contributed by atoms with E-state index in [9.17, 15) is 4.79 Å². The molecule has 18 heavy (non-hydrogen) atoms. The molecule has 0 aliphatic heterocycles. The summed E-state index contributed by atoms with van der Waals surface area (Å²) in [6, 6.07) is 0. The largest absolute Gasteiger partial charge is 0.481 e. The Labute approximate surface area is 121 Å². The molecule has 0 aromatic heterocycles. The number of carboxylic acids is 1. The fourth-order valence-electron chi connectivity index (χ4n) is 2.24. The van der Waals surface area contributed by atoms with E-state index in [-0.39, 0.29) is 5.92 Å². The van der Waals surface area contributed by atoms with Crippen LogP contribution in [0.25, 0.3) is 0 Å². The van der Waals surface area contributed by atoms with Gasteiger partial charge in [-0.25, -0.2) is 0 Å². The molecule has 0 aliphatic rings. The summed E-state index contributed by atoms with van der Waals surface area (Å²) in [5.41, 5.74) is 0. The minimum absolute atomic E-state index is 0.123. The first kappa shape index (κ1) is 17.9. The van der Waals surface area contributed by atoms with E-state index in [2.05, 4.69) is 22.9 Å². The van der Waals surface area contributed by atoms with Crippen LogP contribution >= 0.6 is 15.9 Å². The Morgan fingerprint density at radius 2 is 1.44 bits per heavy atom. The average Bonchev–Trinajstić information content (AvgIpc) is 2.35. The van der Waals surface area contributed by atoms with E-state index in [0.717, 1.165) is 31.0 Å². The second-order valence-corrected chi connectivity index (χ2v) is 5.92. The predicted molar refractivity (Wildman–Crippen MR) is 81.4 cm³/mol. The Hall–Kier alpha value is -0.0500. The van der Waals surface area contributed by atoms with Gasteiger partial charge in [0.15, 0.2) is 0 Å². The van der Waals surface area contributed by atoms with Crippen molar-refractivity contribution >= 4 is 21.9 Å². The number of unbranched alkanes of at least 4 members (excludes halogenated alkanes) is 7. The fourth-order valence-corrected chi connectivity index (χ4v) is 2.56. The maximum atomic E-state index is 11.0. The summed E-state index contributed by atoms with van der Waals surface area (Å²) in [6.07, 6.45) is 12.9. The van der Waals surface area contributed by atoms with Crippen molar-refractivity contribution in [2.24, 2.45) is 5.92 Å². The van der Waals surface area contributed by atoms with E-state index in [1.807, 2.05) is 0 Å². The molecule has 0 aliphatic carbocycles. The van der Waals surface area contributed by atoms with Crippen molar-refractivity contribution in [1.29, 1.82) is 0 Å². The van der Waals surface area contributed by atoms with Crippen molar-refractivity contribution in [3.05, 3.63) is 0 Å². The molecule has 0 bridgehead atoms. The maximum Gasteiger partial charge on any atom is 0.306 e. The van der Waals surface area contributed by atoms with Crippen molar-refractivity contribution in [2.75, 3.05) is 5.33 Å². The third kappa shape index (κ3) is 11.1. The molecule has 3 heteroatoms. The van der Waals surface area contributed by atoms with Crippen LogP contribution in [0, 0.1) is 5.92 Å². The zero-order valence-corrected chi connectivity index (χ0v) is 13.4. The Morgan fingerprint density at radius 1 is 0.944 bits per heavy atom. The predicted octanol–water partition coefficient (Wildman–Crippen LogP) is 5.39. The molecule has 0 aromatic carbocycles. The second-order valence-electron chi connectivity index (χ2n) is 5.13. The molecule has 1 unspecified atom stereocenters. The molecule has 1 atom stereocenters. The third-order valence-corrected chi connectivity index (χ3v) is 4.00. The standard InChI is InChI=1S/C15H29BrO2/c1-2-3-4-5-6-7-8-9-11-14(15(17)18)12-10-13-16/h14H,2-13H2,1H3,(H,17,18). The van der Waals surface area contributed by atoms with Crippen LogP contribution in [0.1, 0.15) is 77.6 Å². The summed E-state index contributed by atoms with van der Waals surface area (Å²) >= 11 is 3.36.